The van der Waals surface area contributed by atoms with Gasteiger partial charge < -0.3 is 15.4 Å². The second-order valence-corrected chi connectivity index (χ2v) is 7.54. The van der Waals surface area contributed by atoms with Crippen LogP contribution in [0.1, 0.15) is 28.4 Å². The van der Waals surface area contributed by atoms with Crippen LogP contribution in [-0.2, 0) is 9.53 Å². The average molecular weight is 409 g/mol. The van der Waals surface area contributed by atoms with Gasteiger partial charge in [-0.15, -0.1) is 11.3 Å². The number of hydrogen-bond acceptors (Lipinski definition) is 5. The highest BCUT2D eigenvalue weighted by atomic mass is 32.1. The largest absolute Gasteiger partial charge is 0.462 e. The molecular weight excluding hydrogens is 384 g/mol. The number of hydrogen-bond donors (Lipinski definition) is 2. The lowest BCUT2D eigenvalue weighted by Crippen LogP contribution is -2.22. The van der Waals surface area contributed by atoms with Gasteiger partial charge in [-0.3, -0.25) is 4.79 Å². The summed E-state index contributed by atoms with van der Waals surface area (Å²) in [6.45, 7) is 6.12. The SMILES string of the molecule is CCOC(=O)c1c(-c2ccc(C)cc2)csc1NC(=O)CNc1ccccc1C. The third-order valence-corrected chi connectivity index (χ3v) is 5.37. The molecule has 0 aliphatic carbocycles. The molecule has 0 spiro atoms. The Morgan fingerprint density at radius 2 is 1.76 bits per heavy atom. The van der Waals surface area contributed by atoms with E-state index in [-0.39, 0.29) is 19.1 Å². The maximum absolute atomic E-state index is 12.6. The molecule has 150 valence electrons. The summed E-state index contributed by atoms with van der Waals surface area (Å²) in [5.41, 5.74) is 5.16. The Balaban J connectivity index is 1.81. The number of anilines is 2. The predicted molar refractivity (Wildman–Crippen MR) is 119 cm³/mol. The number of carbonyl (C=O) groups is 2. The van der Waals surface area contributed by atoms with Gasteiger partial charge in [0.25, 0.3) is 0 Å². The van der Waals surface area contributed by atoms with Crippen molar-refractivity contribution < 1.29 is 14.3 Å². The number of carbonyl (C=O) groups excluding carboxylic acids is 2. The quantitative estimate of drug-likeness (QED) is 0.523. The van der Waals surface area contributed by atoms with Crippen LogP contribution in [0.15, 0.2) is 53.9 Å². The highest BCUT2D eigenvalue weighted by molar-refractivity contribution is 7.15. The fraction of sp³-hybridized carbons (Fsp3) is 0.217. The molecule has 0 radical (unpaired) electrons. The fourth-order valence-electron chi connectivity index (χ4n) is 2.92. The zero-order chi connectivity index (χ0) is 20.8. The minimum atomic E-state index is -0.438. The van der Waals surface area contributed by atoms with Gasteiger partial charge in [0.1, 0.15) is 10.6 Å². The van der Waals surface area contributed by atoms with Crippen molar-refractivity contribution >= 4 is 33.9 Å². The molecule has 2 N–H and O–H groups in total. The fourth-order valence-corrected chi connectivity index (χ4v) is 3.89. The Kier molecular flexibility index (Phi) is 6.67. The lowest BCUT2D eigenvalue weighted by molar-refractivity contribution is -0.114. The number of esters is 1. The molecule has 2 aromatic carbocycles. The van der Waals surface area contributed by atoms with Crippen LogP contribution in [-0.4, -0.2) is 25.0 Å². The zero-order valence-electron chi connectivity index (χ0n) is 16.7. The van der Waals surface area contributed by atoms with E-state index in [0.29, 0.717) is 10.6 Å². The molecule has 1 aromatic heterocycles. The van der Waals surface area contributed by atoms with Gasteiger partial charge >= 0.3 is 5.97 Å². The molecule has 5 nitrogen and oxygen atoms in total. The number of benzene rings is 2. The summed E-state index contributed by atoms with van der Waals surface area (Å²) in [4.78, 5) is 25.1. The lowest BCUT2D eigenvalue weighted by atomic mass is 10.0. The van der Waals surface area contributed by atoms with Gasteiger partial charge in [-0.05, 0) is 38.0 Å². The number of ether oxygens (including phenoxy) is 1. The normalized spacial score (nSPS) is 10.4. The average Bonchev–Trinajstić information content (AvgIpc) is 3.11. The number of rotatable bonds is 7. The Hall–Kier alpha value is -3.12. The first kappa shape index (κ1) is 20.6. The van der Waals surface area contributed by atoms with E-state index in [1.54, 1.807) is 6.92 Å². The van der Waals surface area contributed by atoms with E-state index in [2.05, 4.69) is 10.6 Å². The molecule has 6 heteroatoms. The summed E-state index contributed by atoms with van der Waals surface area (Å²) >= 11 is 1.32. The van der Waals surface area contributed by atoms with Crippen molar-refractivity contribution in [3.63, 3.8) is 0 Å². The van der Waals surface area contributed by atoms with Crippen LogP contribution in [0.4, 0.5) is 10.7 Å². The van der Waals surface area contributed by atoms with Crippen molar-refractivity contribution in [3.8, 4) is 11.1 Å². The summed E-state index contributed by atoms with van der Waals surface area (Å²) in [5.74, 6) is -0.664. The van der Waals surface area contributed by atoms with Gasteiger partial charge in [0, 0.05) is 16.6 Å². The van der Waals surface area contributed by atoms with Crippen LogP contribution in [0.25, 0.3) is 11.1 Å². The Morgan fingerprint density at radius 1 is 1.03 bits per heavy atom. The molecule has 0 fully saturated rings. The van der Waals surface area contributed by atoms with Gasteiger partial charge in [-0.1, -0.05) is 48.0 Å². The van der Waals surface area contributed by atoms with Crippen molar-refractivity contribution in [1.29, 1.82) is 0 Å². The van der Waals surface area contributed by atoms with Gasteiger partial charge in [0.15, 0.2) is 0 Å². The van der Waals surface area contributed by atoms with Gasteiger partial charge in [-0.25, -0.2) is 4.79 Å². The molecule has 0 atom stereocenters. The van der Waals surface area contributed by atoms with E-state index in [4.69, 9.17) is 4.74 Å². The first-order chi connectivity index (χ1) is 14.0. The van der Waals surface area contributed by atoms with E-state index in [0.717, 1.165) is 27.9 Å². The van der Waals surface area contributed by atoms with Gasteiger partial charge in [0.05, 0.1) is 13.2 Å². The summed E-state index contributed by atoms with van der Waals surface area (Å²) in [5, 5.41) is 8.36. The summed E-state index contributed by atoms with van der Waals surface area (Å²) in [7, 11) is 0. The highest BCUT2D eigenvalue weighted by Gasteiger charge is 2.22. The molecule has 29 heavy (non-hydrogen) atoms. The molecule has 1 amide bonds. The third kappa shape index (κ3) is 5.03. The van der Waals surface area contributed by atoms with Crippen molar-refractivity contribution in [3.05, 3.63) is 70.6 Å². The van der Waals surface area contributed by atoms with Crippen molar-refractivity contribution in [2.24, 2.45) is 0 Å². The van der Waals surface area contributed by atoms with E-state index in [1.807, 2.05) is 67.8 Å². The van der Waals surface area contributed by atoms with Gasteiger partial charge in [-0.2, -0.15) is 0 Å². The first-order valence-corrected chi connectivity index (χ1v) is 10.3. The number of thiophene rings is 1. The molecule has 3 aromatic rings. The summed E-state index contributed by atoms with van der Waals surface area (Å²) in [6, 6.07) is 15.7. The number of amides is 1. The molecule has 0 aliphatic rings. The molecule has 1 heterocycles. The third-order valence-electron chi connectivity index (χ3n) is 4.47. The Bertz CT molecular complexity index is 1010. The van der Waals surface area contributed by atoms with Crippen LogP contribution in [0.5, 0.6) is 0 Å². The molecule has 0 bridgehead atoms. The Labute approximate surface area is 174 Å². The van der Waals surface area contributed by atoms with Crippen molar-refractivity contribution in [1.82, 2.24) is 0 Å². The van der Waals surface area contributed by atoms with E-state index >= 15 is 0 Å². The standard InChI is InChI=1S/C23H24N2O3S/c1-4-28-23(27)21-18(17-11-9-15(2)10-12-17)14-29-22(21)25-20(26)13-24-19-8-6-5-7-16(19)3/h5-12,14,24H,4,13H2,1-3H3,(H,25,26). The summed E-state index contributed by atoms with van der Waals surface area (Å²) in [6.07, 6.45) is 0. The van der Waals surface area contributed by atoms with Crippen molar-refractivity contribution in [2.45, 2.75) is 20.8 Å². The summed E-state index contributed by atoms with van der Waals surface area (Å²) < 4.78 is 5.24. The van der Waals surface area contributed by atoms with Crippen LogP contribution in [0, 0.1) is 13.8 Å². The van der Waals surface area contributed by atoms with E-state index < -0.39 is 5.97 Å². The molecule has 0 unspecified atom stereocenters. The minimum absolute atomic E-state index is 0.102. The topological polar surface area (TPSA) is 67.4 Å². The molecule has 0 saturated carbocycles. The second-order valence-electron chi connectivity index (χ2n) is 6.66. The lowest BCUT2D eigenvalue weighted by Gasteiger charge is -2.11. The van der Waals surface area contributed by atoms with E-state index in [9.17, 15) is 9.59 Å². The predicted octanol–water partition coefficient (Wildman–Crippen LogP) is 5.26. The number of para-hydroxylation sites is 1. The maximum atomic E-state index is 12.6. The molecule has 0 saturated heterocycles. The monoisotopic (exact) mass is 408 g/mol. The first-order valence-electron chi connectivity index (χ1n) is 9.44. The van der Waals surface area contributed by atoms with Gasteiger partial charge in [0.2, 0.25) is 5.91 Å². The molecule has 0 aliphatic heterocycles. The highest BCUT2D eigenvalue weighted by Crippen LogP contribution is 2.36. The number of nitrogens with one attached hydrogen (secondary N) is 2. The molecule has 3 rings (SSSR count). The van der Waals surface area contributed by atoms with Crippen molar-refractivity contribution in [2.75, 3.05) is 23.8 Å². The van der Waals surface area contributed by atoms with Crippen LogP contribution in [0.2, 0.25) is 0 Å². The number of aryl methyl sites for hydroxylation is 2. The van der Waals surface area contributed by atoms with Crippen LogP contribution < -0.4 is 10.6 Å². The zero-order valence-corrected chi connectivity index (χ0v) is 17.6. The van der Waals surface area contributed by atoms with E-state index in [1.165, 1.54) is 11.3 Å². The van der Waals surface area contributed by atoms with Crippen LogP contribution >= 0.6 is 11.3 Å². The van der Waals surface area contributed by atoms with Crippen LogP contribution in [0.3, 0.4) is 0 Å². The Morgan fingerprint density at radius 3 is 2.45 bits per heavy atom. The minimum Gasteiger partial charge on any atom is -0.462 e. The molecular formula is C23H24N2O3S. The smallest absolute Gasteiger partial charge is 0.341 e. The maximum Gasteiger partial charge on any atom is 0.341 e. The second kappa shape index (κ2) is 9.39.